The molecule has 5 heterocycles. The highest BCUT2D eigenvalue weighted by Crippen LogP contribution is 2.34. The number of aromatic nitrogens is 2. The van der Waals surface area contributed by atoms with Crippen molar-refractivity contribution in [2.75, 3.05) is 77.6 Å². The number of aliphatic hydroxyl groups is 8. The molecule has 1 aromatic heterocycles. The summed E-state index contributed by atoms with van der Waals surface area (Å²) in [7, 11) is 1.27. The predicted molar refractivity (Wildman–Crippen MR) is 346 cm³/mol. The number of aromatic hydroxyl groups is 1. The largest absolute Gasteiger partial charge is 0.504 e. The Morgan fingerprint density at radius 2 is 1.34 bits per heavy atom. The van der Waals surface area contributed by atoms with Crippen molar-refractivity contribution >= 4 is 58.4 Å². The third-order valence-electron chi connectivity index (χ3n) is 18.9. The van der Waals surface area contributed by atoms with Gasteiger partial charge < -0.3 is 97.3 Å². The molecule has 5 fully saturated rings. The van der Waals surface area contributed by atoms with E-state index in [0.29, 0.717) is 21.6 Å². The van der Waals surface area contributed by atoms with E-state index in [1.165, 1.54) is 81.4 Å². The number of amides is 7. The molecule has 1 aliphatic carbocycles. The number of phenols is 1. The molecule has 4 aromatic rings. The van der Waals surface area contributed by atoms with Gasteiger partial charge in [-0.2, -0.15) is 0 Å². The molecule has 1 saturated carbocycles. The van der Waals surface area contributed by atoms with E-state index >= 15 is 0 Å². The summed E-state index contributed by atoms with van der Waals surface area (Å²) in [6.07, 6.45) is -7.04. The van der Waals surface area contributed by atoms with Crippen molar-refractivity contribution in [3.05, 3.63) is 77.9 Å². The first-order valence-corrected chi connectivity index (χ1v) is 33.3. The van der Waals surface area contributed by atoms with Crippen LogP contribution in [0.1, 0.15) is 81.6 Å². The third kappa shape index (κ3) is 17.6. The van der Waals surface area contributed by atoms with Gasteiger partial charge in [-0.25, -0.2) is 0 Å². The molecular formula is C65H90N12O17S. The zero-order valence-electron chi connectivity index (χ0n) is 53.7. The fourth-order valence-corrected chi connectivity index (χ4v) is 14.0. The molecule has 3 aromatic carbocycles. The molecule has 0 bridgehead atoms. The molecule has 29 nitrogen and oxygen atoms in total. The number of carbonyl (C=O) groups excluding carboxylic acids is 7. The lowest BCUT2D eigenvalue weighted by molar-refractivity contribution is -0.147. The van der Waals surface area contributed by atoms with Crippen LogP contribution in [0.25, 0.3) is 21.1 Å². The van der Waals surface area contributed by atoms with E-state index < -0.39 is 172 Å². The van der Waals surface area contributed by atoms with Crippen LogP contribution in [0.4, 0.5) is 5.69 Å². The number of fused-ring (bicyclic) bond motifs is 2. The Morgan fingerprint density at radius 1 is 0.716 bits per heavy atom. The van der Waals surface area contributed by atoms with Gasteiger partial charge in [-0.1, -0.05) is 43.4 Å². The monoisotopic (exact) mass is 1340 g/mol. The zero-order valence-corrected chi connectivity index (χ0v) is 54.5. The highest BCUT2D eigenvalue weighted by atomic mass is 32.1. The molecule has 13 atom stereocenters. The van der Waals surface area contributed by atoms with Crippen LogP contribution in [0.5, 0.6) is 11.5 Å². The van der Waals surface area contributed by atoms with Gasteiger partial charge >= 0.3 is 0 Å². The fraction of sp³-hybridized carbons (Fsp3) is 0.585. The first-order valence-electron chi connectivity index (χ1n) is 32.5. The van der Waals surface area contributed by atoms with Gasteiger partial charge in [-0.15, -0.1) is 10.2 Å². The minimum atomic E-state index is -2.07. The number of methoxy groups -OCH3 is 1. The standard InChI is InChI=1S/C65H90N12O17S/c1-34-5-14-42(15-6-34)74-21-23-75(24-22-74)43-16-12-40(13-17-43)63-73-72-62(95-63)39-10-8-38(9-11-39)57(87)68-46-27-44(81)29-67-61(91)55-56(86)35(2)30-77(55)65(93)54(49(84)19-20-66-41(32-78)33-79)71-60(90)53(50(85)25-37-7-18-48(83)51(26-37)94-4)70-59(89)47-28-45(82)31-76(47)64(92)52(36(3)80)69-58(46)88/h7-13,16-18,26,34-36,41-42,44-47,49-50,52-56,66,78-86H,5-6,14-15,19-25,27-33H2,1-4H3,(H,67,91)(H,68,87)(H,69,88)(H,70,89)(H,71,90)/t34?,35-,36+,42?,44+,45+,46?,47-,49+,50+,52-,53-,54-,55-,56-/m0/s1. The lowest BCUT2D eigenvalue weighted by atomic mass is 9.86. The quantitative estimate of drug-likeness (QED) is 0.0492. The van der Waals surface area contributed by atoms with Crippen molar-refractivity contribution in [2.45, 2.75) is 157 Å². The first-order chi connectivity index (χ1) is 45.4. The second-order valence-electron chi connectivity index (χ2n) is 25.8. The maximum absolute atomic E-state index is 15.0. The second-order valence-corrected chi connectivity index (χ2v) is 26.8. The van der Waals surface area contributed by atoms with Crippen LogP contribution in [0.15, 0.2) is 66.7 Å². The minimum Gasteiger partial charge on any atom is -0.504 e. The Balaban J connectivity index is 0.960. The summed E-state index contributed by atoms with van der Waals surface area (Å²) < 4.78 is 5.22. The number of nitrogens with zero attached hydrogens (tertiary/aromatic N) is 6. The number of hydrogen-bond donors (Lipinski definition) is 15. The lowest BCUT2D eigenvalue weighted by Gasteiger charge is -2.42. The molecule has 0 radical (unpaired) electrons. The van der Waals surface area contributed by atoms with Gasteiger partial charge in [0, 0.05) is 99.4 Å². The van der Waals surface area contributed by atoms with Crippen LogP contribution in [0.3, 0.4) is 0 Å². The number of phenolic OH excluding ortho intramolecular Hbond substituents is 1. The van der Waals surface area contributed by atoms with Crippen molar-refractivity contribution in [3.8, 4) is 32.6 Å². The Bertz CT molecular complexity index is 3290. The van der Waals surface area contributed by atoms with Gasteiger partial charge in [0.25, 0.3) is 5.91 Å². The first kappa shape index (κ1) is 71.8. The van der Waals surface area contributed by atoms with Gasteiger partial charge in [-0.3, -0.25) is 38.5 Å². The molecule has 95 heavy (non-hydrogen) atoms. The fourth-order valence-electron chi connectivity index (χ4n) is 13.1. The van der Waals surface area contributed by atoms with Gasteiger partial charge in [0.1, 0.15) is 46.3 Å². The van der Waals surface area contributed by atoms with E-state index in [9.17, 15) is 79.5 Å². The van der Waals surface area contributed by atoms with E-state index in [1.807, 2.05) is 12.1 Å². The second kappa shape index (κ2) is 32.5. The van der Waals surface area contributed by atoms with E-state index in [0.717, 1.165) is 60.1 Å². The normalized spacial score (nSPS) is 28.1. The van der Waals surface area contributed by atoms with Crippen molar-refractivity contribution in [1.29, 1.82) is 0 Å². The SMILES string of the molecule is COc1cc(C[C@@H](O)[C@@H]2NC(=O)[C@@H]3C[C@@H](O)CN3C(=O)[C@H]([C@@H](C)O)NC(=O)C(NC(=O)c3ccc(-c4nnc(-c5ccc(N6CCN(C7CCC(C)CC7)CC6)cc5)s4)cc3)C[C@@H](O)CNC(=O)[C@@H]3[C@@H](O)[C@@H](C)CN3C(=O)[C@H]([C@H](O)CCNC(CO)CO)NC2=O)ccc1O. The Hall–Kier alpha value is -7.49. The van der Waals surface area contributed by atoms with E-state index in [-0.39, 0.29) is 42.1 Å². The number of ether oxygens (including phenoxy) is 1. The summed E-state index contributed by atoms with van der Waals surface area (Å²) >= 11 is 1.35. The van der Waals surface area contributed by atoms with Crippen LogP contribution < -0.4 is 41.5 Å². The van der Waals surface area contributed by atoms with Gasteiger partial charge in [0.15, 0.2) is 11.5 Å². The van der Waals surface area contributed by atoms with Crippen LogP contribution >= 0.6 is 11.3 Å². The number of aliphatic hydroxyl groups excluding tert-OH is 8. The van der Waals surface area contributed by atoms with Crippen LogP contribution in [0, 0.1) is 11.8 Å². The number of nitrogens with one attached hydrogen (secondary N) is 6. The Kier molecular flexibility index (Phi) is 24.6. The molecule has 7 amide bonds. The predicted octanol–water partition coefficient (Wildman–Crippen LogP) is -2.43. The molecule has 9 rings (SSSR count). The van der Waals surface area contributed by atoms with Crippen molar-refractivity contribution in [2.24, 2.45) is 11.8 Å². The van der Waals surface area contributed by atoms with Gasteiger partial charge in [-0.05, 0) is 106 Å². The van der Waals surface area contributed by atoms with Crippen molar-refractivity contribution in [3.63, 3.8) is 0 Å². The topological polar surface area (TPSA) is 422 Å². The highest BCUT2D eigenvalue weighted by molar-refractivity contribution is 7.17. The maximum atomic E-state index is 15.0. The zero-order chi connectivity index (χ0) is 68.4. The number of anilines is 1. The van der Waals surface area contributed by atoms with Crippen LogP contribution in [0.2, 0.25) is 0 Å². The lowest BCUT2D eigenvalue weighted by Crippen LogP contribution is -2.64. The summed E-state index contributed by atoms with van der Waals surface area (Å²) in [6, 6.07) is 7.10. The minimum absolute atomic E-state index is 0.0230. The molecule has 0 spiro atoms. The van der Waals surface area contributed by atoms with Crippen LogP contribution in [-0.4, -0.2) is 270 Å². The Labute approximate surface area is 554 Å². The van der Waals surface area contributed by atoms with Crippen molar-refractivity contribution in [1.82, 2.24) is 56.8 Å². The van der Waals surface area contributed by atoms with E-state index in [4.69, 9.17) is 4.74 Å². The number of benzene rings is 3. The summed E-state index contributed by atoms with van der Waals surface area (Å²) in [4.78, 5) is 109. The average Bonchev–Trinajstić information content (AvgIpc) is 1.69. The summed E-state index contributed by atoms with van der Waals surface area (Å²) in [6.45, 7) is 6.22. The van der Waals surface area contributed by atoms with Crippen molar-refractivity contribution < 1.29 is 84.3 Å². The number of rotatable bonds is 18. The molecule has 4 aliphatic heterocycles. The average molecular weight is 1340 g/mol. The molecule has 30 heteroatoms. The molecular weight excluding hydrogens is 1250 g/mol. The van der Waals surface area contributed by atoms with Crippen LogP contribution in [-0.2, 0) is 35.2 Å². The smallest absolute Gasteiger partial charge is 0.251 e. The molecule has 518 valence electrons. The van der Waals surface area contributed by atoms with Gasteiger partial charge in [0.2, 0.25) is 35.4 Å². The Morgan fingerprint density at radius 3 is 1.97 bits per heavy atom. The number of hydrogen-bond acceptors (Lipinski definition) is 23. The van der Waals surface area contributed by atoms with E-state index in [2.05, 4.69) is 71.0 Å². The molecule has 15 N–H and O–H groups in total. The molecule has 4 saturated heterocycles. The number of carbonyl (C=O) groups is 7. The molecule has 1 unspecified atom stereocenters. The number of piperazine rings is 1. The molecule has 5 aliphatic rings. The third-order valence-corrected chi connectivity index (χ3v) is 19.9. The summed E-state index contributed by atoms with van der Waals surface area (Å²) in [5, 5.41) is 124. The number of β-amino-alcohol motifs (C(OH)–C–C–N with tert-alkyl or cyclic N) is 1. The van der Waals surface area contributed by atoms with Gasteiger partial charge in [0.05, 0.1) is 63.0 Å². The highest BCUT2D eigenvalue weighted by Gasteiger charge is 2.50. The van der Waals surface area contributed by atoms with E-state index in [1.54, 1.807) is 12.1 Å². The maximum Gasteiger partial charge on any atom is 0.251 e. The summed E-state index contributed by atoms with van der Waals surface area (Å²) in [5.74, 6) is -8.00. The summed E-state index contributed by atoms with van der Waals surface area (Å²) in [5.41, 5.74) is 2.93.